The summed E-state index contributed by atoms with van der Waals surface area (Å²) in [7, 11) is 2.09. The van der Waals surface area contributed by atoms with Gasteiger partial charge in [-0.05, 0) is 18.1 Å². The molecule has 2 aliphatic heterocycles. The molecule has 0 saturated carbocycles. The second-order valence-electron chi connectivity index (χ2n) is 4.41. The average molecular weight is 201 g/mol. The third-order valence-electron chi connectivity index (χ3n) is 3.76. The first-order valence-corrected chi connectivity index (χ1v) is 5.36. The molecule has 2 nitrogen and oxygen atoms in total. The van der Waals surface area contributed by atoms with Crippen molar-refractivity contribution in [2.45, 2.75) is 11.8 Å². The molecule has 2 heteroatoms. The maximum Gasteiger partial charge on any atom is 0.0624 e. The predicted octanol–water partition coefficient (Wildman–Crippen LogP) is 2.31. The van der Waals surface area contributed by atoms with Crippen LogP contribution in [-0.2, 0) is 10.2 Å². The van der Waals surface area contributed by atoms with Crippen LogP contribution in [0.4, 0.5) is 5.69 Å². The van der Waals surface area contributed by atoms with Crippen molar-refractivity contribution < 1.29 is 4.74 Å². The van der Waals surface area contributed by atoms with Crippen molar-refractivity contribution in [3.63, 3.8) is 0 Å². The van der Waals surface area contributed by atoms with Crippen molar-refractivity contribution in [3.05, 3.63) is 42.1 Å². The molecule has 2 heterocycles. The summed E-state index contributed by atoms with van der Waals surface area (Å²) in [4.78, 5) is 2.20. The zero-order chi connectivity index (χ0) is 10.5. The van der Waals surface area contributed by atoms with Gasteiger partial charge in [-0.25, -0.2) is 0 Å². The van der Waals surface area contributed by atoms with E-state index in [1.54, 1.807) is 0 Å². The van der Waals surface area contributed by atoms with Crippen LogP contribution in [0.5, 0.6) is 0 Å². The fourth-order valence-corrected chi connectivity index (χ4v) is 2.80. The number of likely N-dealkylation sites (N-methyl/N-ethyl adjacent to an activating group) is 1. The number of para-hydroxylation sites is 1. The van der Waals surface area contributed by atoms with E-state index in [0.717, 1.165) is 19.6 Å². The molecule has 0 bridgehead atoms. The van der Waals surface area contributed by atoms with E-state index in [9.17, 15) is 0 Å². The van der Waals surface area contributed by atoms with Gasteiger partial charge in [-0.2, -0.15) is 0 Å². The van der Waals surface area contributed by atoms with E-state index in [2.05, 4.69) is 42.8 Å². The van der Waals surface area contributed by atoms with Gasteiger partial charge in [0, 0.05) is 25.0 Å². The van der Waals surface area contributed by atoms with Crippen LogP contribution in [-0.4, -0.2) is 20.3 Å². The number of ether oxygens (including phenoxy) is 1. The van der Waals surface area contributed by atoms with Crippen LogP contribution in [0.3, 0.4) is 0 Å². The van der Waals surface area contributed by atoms with Crippen molar-refractivity contribution >= 4 is 5.69 Å². The van der Waals surface area contributed by atoms with Gasteiger partial charge in [0.15, 0.2) is 0 Å². The third-order valence-corrected chi connectivity index (χ3v) is 3.76. The zero-order valence-corrected chi connectivity index (χ0v) is 8.99. The van der Waals surface area contributed by atoms with E-state index < -0.39 is 0 Å². The summed E-state index contributed by atoms with van der Waals surface area (Å²) in [6.45, 7) is 5.86. The van der Waals surface area contributed by atoms with Gasteiger partial charge < -0.3 is 9.64 Å². The van der Waals surface area contributed by atoms with Crippen LogP contribution >= 0.6 is 0 Å². The van der Waals surface area contributed by atoms with E-state index >= 15 is 0 Å². The molecule has 1 spiro atoms. The molecular formula is C13H15NO. The lowest BCUT2D eigenvalue weighted by molar-refractivity contribution is 0.184. The molecule has 1 saturated heterocycles. The smallest absolute Gasteiger partial charge is 0.0624 e. The second-order valence-corrected chi connectivity index (χ2v) is 4.41. The van der Waals surface area contributed by atoms with Crippen molar-refractivity contribution in [2.24, 2.45) is 0 Å². The van der Waals surface area contributed by atoms with Gasteiger partial charge in [0.2, 0.25) is 0 Å². The Bertz CT molecular complexity index is 418. The van der Waals surface area contributed by atoms with Gasteiger partial charge in [0.1, 0.15) is 0 Å². The number of nitrogens with zero attached hydrogens (tertiary/aromatic N) is 1. The molecule has 2 aliphatic rings. The number of anilines is 1. The Kier molecular flexibility index (Phi) is 1.71. The highest BCUT2D eigenvalue weighted by atomic mass is 16.5. The van der Waals surface area contributed by atoms with Crippen LogP contribution < -0.4 is 4.90 Å². The Morgan fingerprint density at radius 3 is 2.93 bits per heavy atom. The average Bonchev–Trinajstić information content (AvgIpc) is 2.83. The summed E-state index contributed by atoms with van der Waals surface area (Å²) in [6, 6.07) is 8.55. The molecule has 1 unspecified atom stereocenters. The second kappa shape index (κ2) is 2.86. The van der Waals surface area contributed by atoms with Crippen LogP contribution in [0.1, 0.15) is 12.0 Å². The summed E-state index contributed by atoms with van der Waals surface area (Å²) in [5.74, 6) is 0. The lowest BCUT2D eigenvalue weighted by Gasteiger charge is -2.25. The van der Waals surface area contributed by atoms with Gasteiger partial charge >= 0.3 is 0 Å². The Labute approximate surface area is 90.2 Å². The third kappa shape index (κ3) is 0.975. The highest BCUT2D eigenvalue weighted by Gasteiger charge is 2.47. The number of rotatable bonds is 0. The summed E-state index contributed by atoms with van der Waals surface area (Å²) in [6.07, 6.45) is 1.06. The molecule has 3 rings (SSSR count). The SMILES string of the molecule is C=C1N(C)c2ccccc2C12CCOC2. The Morgan fingerprint density at radius 2 is 2.20 bits per heavy atom. The van der Waals surface area contributed by atoms with Gasteiger partial charge in [0.25, 0.3) is 0 Å². The topological polar surface area (TPSA) is 12.5 Å². The van der Waals surface area contributed by atoms with Crippen LogP contribution in [0.25, 0.3) is 0 Å². The van der Waals surface area contributed by atoms with E-state index in [4.69, 9.17) is 4.74 Å². The van der Waals surface area contributed by atoms with Crippen LogP contribution in [0.15, 0.2) is 36.5 Å². The van der Waals surface area contributed by atoms with Gasteiger partial charge in [-0.3, -0.25) is 0 Å². The summed E-state index contributed by atoms with van der Waals surface area (Å²) in [5, 5.41) is 0. The number of fused-ring (bicyclic) bond motifs is 2. The number of hydrogen-bond donors (Lipinski definition) is 0. The lowest BCUT2D eigenvalue weighted by Crippen LogP contribution is -2.29. The largest absolute Gasteiger partial charge is 0.380 e. The highest BCUT2D eigenvalue weighted by Crippen LogP contribution is 2.50. The zero-order valence-electron chi connectivity index (χ0n) is 8.99. The fraction of sp³-hybridized carbons (Fsp3) is 0.385. The molecule has 1 atom stereocenters. The van der Waals surface area contributed by atoms with E-state index in [1.165, 1.54) is 16.9 Å². The van der Waals surface area contributed by atoms with Crippen LogP contribution in [0.2, 0.25) is 0 Å². The quantitative estimate of drug-likeness (QED) is 0.638. The van der Waals surface area contributed by atoms with Crippen molar-refractivity contribution in [1.29, 1.82) is 0 Å². The lowest BCUT2D eigenvalue weighted by atomic mass is 9.79. The van der Waals surface area contributed by atoms with Crippen LogP contribution in [0, 0.1) is 0 Å². The Morgan fingerprint density at radius 1 is 1.40 bits per heavy atom. The molecule has 0 N–H and O–H groups in total. The maximum atomic E-state index is 5.57. The highest BCUT2D eigenvalue weighted by molar-refractivity contribution is 5.70. The molecule has 0 aliphatic carbocycles. The van der Waals surface area contributed by atoms with Crippen molar-refractivity contribution in [1.82, 2.24) is 0 Å². The standard InChI is InChI=1S/C13H15NO/c1-10-13(7-8-15-9-13)11-5-3-4-6-12(11)14(10)2/h3-6H,1,7-9H2,2H3. The van der Waals surface area contributed by atoms with Crippen molar-refractivity contribution in [2.75, 3.05) is 25.2 Å². The summed E-state index contributed by atoms with van der Waals surface area (Å²) < 4.78 is 5.57. The van der Waals surface area contributed by atoms with Gasteiger partial charge in [-0.1, -0.05) is 24.8 Å². The number of hydrogen-bond acceptors (Lipinski definition) is 2. The normalized spacial score (nSPS) is 28.9. The molecular weight excluding hydrogens is 186 g/mol. The molecule has 1 aromatic carbocycles. The van der Waals surface area contributed by atoms with Crippen molar-refractivity contribution in [3.8, 4) is 0 Å². The first kappa shape index (κ1) is 8.98. The van der Waals surface area contributed by atoms with E-state index in [1.807, 2.05) is 0 Å². The molecule has 0 radical (unpaired) electrons. The van der Waals surface area contributed by atoms with E-state index in [0.29, 0.717) is 0 Å². The Hall–Kier alpha value is -1.28. The van der Waals surface area contributed by atoms with Gasteiger partial charge in [-0.15, -0.1) is 0 Å². The van der Waals surface area contributed by atoms with E-state index in [-0.39, 0.29) is 5.41 Å². The molecule has 1 fully saturated rings. The first-order chi connectivity index (χ1) is 7.26. The summed E-state index contributed by atoms with van der Waals surface area (Å²) in [5.41, 5.74) is 3.91. The Balaban J connectivity index is 2.22. The fourth-order valence-electron chi connectivity index (χ4n) is 2.80. The minimum absolute atomic E-state index is 0.0609. The maximum absolute atomic E-state index is 5.57. The summed E-state index contributed by atoms with van der Waals surface area (Å²) >= 11 is 0. The molecule has 15 heavy (non-hydrogen) atoms. The predicted molar refractivity (Wildman–Crippen MR) is 61.1 cm³/mol. The van der Waals surface area contributed by atoms with Gasteiger partial charge in [0.05, 0.1) is 12.0 Å². The molecule has 0 aromatic heterocycles. The molecule has 78 valence electrons. The minimum atomic E-state index is 0.0609. The number of benzene rings is 1. The monoisotopic (exact) mass is 201 g/mol. The first-order valence-electron chi connectivity index (χ1n) is 5.36. The minimum Gasteiger partial charge on any atom is -0.380 e. The molecule has 1 aromatic rings. The molecule has 0 amide bonds.